The highest BCUT2D eigenvalue weighted by atomic mass is 35.5. The number of aryl methyl sites for hydroxylation is 1. The first-order valence-electron chi connectivity index (χ1n) is 5.21. The van der Waals surface area contributed by atoms with Crippen LogP contribution in [0.3, 0.4) is 0 Å². The fourth-order valence-electron chi connectivity index (χ4n) is 1.36. The van der Waals surface area contributed by atoms with Gasteiger partial charge in [0, 0.05) is 11.8 Å². The zero-order valence-corrected chi connectivity index (χ0v) is 11.5. The highest BCUT2D eigenvalue weighted by Crippen LogP contribution is 2.30. The van der Waals surface area contributed by atoms with Gasteiger partial charge in [-0.15, -0.1) is 0 Å². The van der Waals surface area contributed by atoms with Crippen molar-refractivity contribution in [2.45, 2.75) is 23.9 Å². The van der Waals surface area contributed by atoms with Crippen molar-refractivity contribution in [1.82, 2.24) is 15.0 Å². The first-order valence-corrected chi connectivity index (χ1v) is 6.41. The number of hydrogen-bond donors (Lipinski definition) is 2. The molecule has 0 saturated heterocycles. The molecule has 0 aliphatic rings. The summed E-state index contributed by atoms with van der Waals surface area (Å²) in [5.74, 6) is 6.70. The summed E-state index contributed by atoms with van der Waals surface area (Å²) in [7, 11) is 0. The Balaban J connectivity index is 2.34. The topological polar surface area (TPSA) is 76.7 Å². The third-order valence-corrected chi connectivity index (χ3v) is 3.52. The minimum atomic E-state index is 0.610. The second kappa shape index (κ2) is 5.51. The molecule has 0 aliphatic carbocycles. The molecule has 0 aliphatic heterocycles. The molecule has 2 heterocycles. The second-order valence-corrected chi connectivity index (χ2v) is 5.06. The summed E-state index contributed by atoms with van der Waals surface area (Å²) in [6, 6.07) is 3.64. The van der Waals surface area contributed by atoms with Gasteiger partial charge in [0.05, 0.1) is 5.02 Å². The van der Waals surface area contributed by atoms with E-state index in [2.05, 4.69) is 20.4 Å². The molecule has 0 saturated carbocycles. The van der Waals surface area contributed by atoms with Crippen LogP contribution >= 0.6 is 23.4 Å². The van der Waals surface area contributed by atoms with Gasteiger partial charge in [0.2, 0.25) is 0 Å². The smallest absolute Gasteiger partial charge is 0.147 e. The predicted octanol–water partition coefficient (Wildman–Crippen LogP) is 2.58. The molecule has 2 rings (SSSR count). The molecule has 2 aromatic heterocycles. The Bertz CT molecular complexity index is 558. The second-order valence-electron chi connectivity index (χ2n) is 3.61. The summed E-state index contributed by atoms with van der Waals surface area (Å²) >= 11 is 7.25. The number of nitrogens with one attached hydrogen (secondary N) is 1. The van der Waals surface area contributed by atoms with Crippen LogP contribution in [0.5, 0.6) is 0 Å². The molecule has 0 aromatic carbocycles. The average molecular weight is 282 g/mol. The summed E-state index contributed by atoms with van der Waals surface area (Å²) in [4.78, 5) is 12.8. The lowest BCUT2D eigenvalue weighted by atomic mass is 10.3. The maximum absolute atomic E-state index is 5.79. The molecular weight excluding hydrogens is 270 g/mol. The van der Waals surface area contributed by atoms with E-state index in [1.54, 1.807) is 12.3 Å². The third-order valence-electron chi connectivity index (χ3n) is 2.25. The number of hydrogen-bond acceptors (Lipinski definition) is 6. The molecule has 0 radical (unpaired) electrons. The SMILES string of the molecule is Cc1nc(NN)c(C)c(Sc2ccc(Cl)cn2)n1. The number of nitrogens with two attached hydrogens (primary N) is 1. The number of pyridine rings is 1. The molecular formula is C11H12ClN5S. The van der Waals surface area contributed by atoms with Crippen molar-refractivity contribution in [3.63, 3.8) is 0 Å². The minimum Gasteiger partial charge on any atom is -0.308 e. The Kier molecular flexibility index (Phi) is 4.00. The van der Waals surface area contributed by atoms with Crippen LogP contribution in [0, 0.1) is 13.8 Å². The highest BCUT2D eigenvalue weighted by Gasteiger charge is 2.10. The molecule has 94 valence electrons. The number of halogens is 1. The van der Waals surface area contributed by atoms with Crippen LogP contribution in [0.25, 0.3) is 0 Å². The zero-order chi connectivity index (χ0) is 13.1. The van der Waals surface area contributed by atoms with Crippen molar-refractivity contribution >= 4 is 29.2 Å². The molecule has 0 amide bonds. The summed E-state index contributed by atoms with van der Waals surface area (Å²) in [6.45, 7) is 3.73. The van der Waals surface area contributed by atoms with Crippen LogP contribution in [-0.2, 0) is 0 Å². The van der Waals surface area contributed by atoms with Crippen LogP contribution in [-0.4, -0.2) is 15.0 Å². The molecule has 0 fully saturated rings. The van der Waals surface area contributed by atoms with E-state index in [1.165, 1.54) is 11.8 Å². The summed E-state index contributed by atoms with van der Waals surface area (Å²) < 4.78 is 0. The predicted molar refractivity (Wildman–Crippen MR) is 72.7 cm³/mol. The zero-order valence-electron chi connectivity index (χ0n) is 9.94. The van der Waals surface area contributed by atoms with Crippen LogP contribution in [0.4, 0.5) is 5.82 Å². The van der Waals surface area contributed by atoms with E-state index in [-0.39, 0.29) is 0 Å². The quantitative estimate of drug-likeness (QED) is 0.512. The molecule has 18 heavy (non-hydrogen) atoms. The van der Waals surface area contributed by atoms with Crippen molar-refractivity contribution in [3.05, 3.63) is 34.7 Å². The molecule has 0 bridgehead atoms. The van der Waals surface area contributed by atoms with E-state index >= 15 is 0 Å². The standard InChI is InChI=1S/C11H12ClN5S/c1-6-10(17-13)15-7(2)16-11(6)18-9-4-3-8(12)5-14-9/h3-5H,13H2,1-2H3,(H,15,16,17). The van der Waals surface area contributed by atoms with Gasteiger partial charge in [0.15, 0.2) is 0 Å². The van der Waals surface area contributed by atoms with Crippen LogP contribution < -0.4 is 11.3 Å². The highest BCUT2D eigenvalue weighted by molar-refractivity contribution is 7.99. The van der Waals surface area contributed by atoms with Gasteiger partial charge in [-0.1, -0.05) is 11.6 Å². The van der Waals surface area contributed by atoms with E-state index in [4.69, 9.17) is 17.4 Å². The Morgan fingerprint density at radius 1 is 1.28 bits per heavy atom. The van der Waals surface area contributed by atoms with Gasteiger partial charge in [-0.2, -0.15) is 0 Å². The number of aromatic nitrogens is 3. The number of rotatable bonds is 3. The Morgan fingerprint density at radius 2 is 2.06 bits per heavy atom. The largest absolute Gasteiger partial charge is 0.308 e. The summed E-state index contributed by atoms with van der Waals surface area (Å²) in [5, 5.41) is 2.26. The Morgan fingerprint density at radius 3 is 2.67 bits per heavy atom. The van der Waals surface area contributed by atoms with Crippen molar-refractivity contribution in [1.29, 1.82) is 0 Å². The minimum absolute atomic E-state index is 0.610. The number of nitrogens with zero attached hydrogens (tertiary/aromatic N) is 3. The lowest BCUT2D eigenvalue weighted by molar-refractivity contribution is 0.932. The summed E-state index contributed by atoms with van der Waals surface area (Å²) in [5.41, 5.74) is 3.46. The van der Waals surface area contributed by atoms with Crippen molar-refractivity contribution in [2.24, 2.45) is 5.84 Å². The molecule has 0 spiro atoms. The van der Waals surface area contributed by atoms with Crippen molar-refractivity contribution < 1.29 is 0 Å². The summed E-state index contributed by atoms with van der Waals surface area (Å²) in [6.07, 6.45) is 1.61. The lowest BCUT2D eigenvalue weighted by Crippen LogP contribution is -2.12. The molecule has 5 nitrogen and oxygen atoms in total. The molecule has 0 unspecified atom stereocenters. The van der Waals surface area contributed by atoms with Crippen molar-refractivity contribution in [2.75, 3.05) is 5.43 Å². The van der Waals surface area contributed by atoms with Crippen LogP contribution in [0.2, 0.25) is 5.02 Å². The van der Waals surface area contributed by atoms with Gasteiger partial charge in [0.25, 0.3) is 0 Å². The number of anilines is 1. The van der Waals surface area contributed by atoms with Gasteiger partial charge in [-0.25, -0.2) is 20.8 Å². The van der Waals surface area contributed by atoms with Crippen molar-refractivity contribution in [3.8, 4) is 0 Å². The fraction of sp³-hybridized carbons (Fsp3) is 0.182. The van der Waals surface area contributed by atoms with Gasteiger partial charge in [0.1, 0.15) is 21.7 Å². The maximum Gasteiger partial charge on any atom is 0.147 e. The first kappa shape index (κ1) is 13.1. The van der Waals surface area contributed by atoms with Gasteiger partial charge in [-0.05, 0) is 37.7 Å². The van der Waals surface area contributed by atoms with E-state index < -0.39 is 0 Å². The van der Waals surface area contributed by atoms with Gasteiger partial charge in [-0.3, -0.25) is 0 Å². The fourth-order valence-corrected chi connectivity index (χ4v) is 2.34. The molecule has 2 aromatic rings. The Hall–Kier alpha value is -1.37. The number of nitrogen functional groups attached to an aromatic ring is 1. The van der Waals surface area contributed by atoms with E-state index in [9.17, 15) is 0 Å². The molecule has 0 atom stereocenters. The monoisotopic (exact) mass is 281 g/mol. The number of hydrazine groups is 1. The average Bonchev–Trinajstić information content (AvgIpc) is 2.36. The van der Waals surface area contributed by atoms with Crippen LogP contribution in [0.15, 0.2) is 28.4 Å². The Labute approximate surface area is 114 Å². The van der Waals surface area contributed by atoms with E-state index in [0.29, 0.717) is 16.7 Å². The van der Waals surface area contributed by atoms with Crippen LogP contribution in [0.1, 0.15) is 11.4 Å². The third kappa shape index (κ3) is 2.90. The molecule has 3 N–H and O–H groups in total. The van der Waals surface area contributed by atoms with Gasteiger partial charge >= 0.3 is 0 Å². The maximum atomic E-state index is 5.79. The van der Waals surface area contributed by atoms with Gasteiger partial charge < -0.3 is 5.43 Å². The van der Waals surface area contributed by atoms with E-state index in [0.717, 1.165) is 15.6 Å². The molecule has 7 heteroatoms. The van der Waals surface area contributed by atoms with E-state index in [1.807, 2.05) is 19.9 Å². The first-order chi connectivity index (χ1) is 8.60. The lowest BCUT2D eigenvalue weighted by Gasteiger charge is -2.09. The normalized spacial score (nSPS) is 10.4.